The van der Waals surface area contributed by atoms with E-state index in [1.807, 2.05) is 6.92 Å². The first kappa shape index (κ1) is 17.3. The van der Waals surface area contributed by atoms with E-state index in [0.29, 0.717) is 17.9 Å². The lowest BCUT2D eigenvalue weighted by atomic mass is 10.1. The van der Waals surface area contributed by atoms with Crippen LogP contribution in [-0.2, 0) is 11.2 Å². The van der Waals surface area contributed by atoms with Crippen molar-refractivity contribution in [1.29, 1.82) is 0 Å². The van der Waals surface area contributed by atoms with Crippen molar-refractivity contribution >= 4 is 11.8 Å². The number of rotatable bonds is 6. The zero-order valence-corrected chi connectivity index (χ0v) is 13.7. The van der Waals surface area contributed by atoms with Gasteiger partial charge in [0.2, 0.25) is 5.91 Å². The zero-order chi connectivity index (χ0) is 17.4. The lowest BCUT2D eigenvalue weighted by molar-refractivity contribution is -0.121. The zero-order valence-electron chi connectivity index (χ0n) is 13.7. The number of carbonyl (C=O) groups excluding carboxylic acids is 2. The molecule has 2 amide bonds. The van der Waals surface area contributed by atoms with Gasteiger partial charge in [-0.05, 0) is 36.8 Å². The van der Waals surface area contributed by atoms with Crippen LogP contribution in [0.15, 0.2) is 48.5 Å². The monoisotopic (exact) mass is 328 g/mol. The average molecular weight is 328 g/mol. The minimum atomic E-state index is -0.429. The normalized spacial score (nSPS) is 9.92. The maximum atomic E-state index is 12.2. The van der Waals surface area contributed by atoms with Crippen LogP contribution >= 0.6 is 0 Å². The number of para-hydroxylation sites is 1. The van der Waals surface area contributed by atoms with Gasteiger partial charge in [0.1, 0.15) is 11.5 Å². The van der Waals surface area contributed by atoms with Gasteiger partial charge in [0.05, 0.1) is 25.7 Å². The summed E-state index contributed by atoms with van der Waals surface area (Å²) in [6.45, 7) is 2.29. The molecule has 2 N–H and O–H groups in total. The fourth-order valence-electron chi connectivity index (χ4n) is 2.10. The van der Waals surface area contributed by atoms with Crippen molar-refractivity contribution in [2.24, 2.45) is 0 Å². The predicted octanol–water partition coefficient (Wildman–Crippen LogP) is 2.10. The summed E-state index contributed by atoms with van der Waals surface area (Å²) in [5, 5.41) is 0. The highest BCUT2D eigenvalue weighted by Gasteiger charge is 2.12. The van der Waals surface area contributed by atoms with Crippen molar-refractivity contribution in [1.82, 2.24) is 10.9 Å². The molecule has 0 bridgehead atoms. The van der Waals surface area contributed by atoms with E-state index in [4.69, 9.17) is 9.47 Å². The maximum absolute atomic E-state index is 12.2. The molecule has 0 aromatic heterocycles. The van der Waals surface area contributed by atoms with Crippen LogP contribution in [0.2, 0.25) is 0 Å². The van der Waals surface area contributed by atoms with E-state index in [1.54, 1.807) is 55.6 Å². The van der Waals surface area contributed by atoms with Crippen LogP contribution in [-0.4, -0.2) is 25.5 Å². The number of ether oxygens (including phenoxy) is 2. The van der Waals surface area contributed by atoms with Gasteiger partial charge < -0.3 is 9.47 Å². The molecule has 0 aliphatic carbocycles. The Balaban J connectivity index is 1.90. The summed E-state index contributed by atoms with van der Waals surface area (Å²) in [5.74, 6) is 0.450. The third-order valence-corrected chi connectivity index (χ3v) is 3.27. The van der Waals surface area contributed by atoms with Crippen LogP contribution in [0.4, 0.5) is 0 Å². The SMILES string of the molecule is CCOc1ccccc1C(=O)NNC(=O)Cc1ccc(OC)cc1. The van der Waals surface area contributed by atoms with Gasteiger partial charge in [0, 0.05) is 0 Å². The van der Waals surface area contributed by atoms with Crippen LogP contribution in [0.1, 0.15) is 22.8 Å². The summed E-state index contributed by atoms with van der Waals surface area (Å²) in [7, 11) is 1.58. The largest absolute Gasteiger partial charge is 0.497 e. The Bertz CT molecular complexity index is 698. The second kappa shape index (κ2) is 8.57. The number of amides is 2. The van der Waals surface area contributed by atoms with E-state index in [-0.39, 0.29) is 12.3 Å². The number of hydrogen-bond acceptors (Lipinski definition) is 4. The van der Waals surface area contributed by atoms with Crippen molar-refractivity contribution in [2.45, 2.75) is 13.3 Å². The van der Waals surface area contributed by atoms with Gasteiger partial charge >= 0.3 is 0 Å². The molecule has 0 heterocycles. The highest BCUT2D eigenvalue weighted by Crippen LogP contribution is 2.17. The van der Waals surface area contributed by atoms with Crippen molar-refractivity contribution in [3.63, 3.8) is 0 Å². The molecule has 0 aliphatic heterocycles. The summed E-state index contributed by atoms with van der Waals surface area (Å²) in [6.07, 6.45) is 0.150. The second-order valence-corrected chi connectivity index (χ2v) is 4.96. The van der Waals surface area contributed by atoms with E-state index < -0.39 is 5.91 Å². The van der Waals surface area contributed by atoms with Gasteiger partial charge in [-0.3, -0.25) is 20.4 Å². The first-order valence-electron chi connectivity index (χ1n) is 7.58. The molecule has 0 atom stereocenters. The smallest absolute Gasteiger partial charge is 0.273 e. The molecular weight excluding hydrogens is 308 g/mol. The molecule has 0 radical (unpaired) electrons. The quantitative estimate of drug-likeness (QED) is 0.796. The van der Waals surface area contributed by atoms with Crippen LogP contribution in [0.5, 0.6) is 11.5 Å². The molecule has 0 saturated heterocycles. The predicted molar refractivity (Wildman–Crippen MR) is 89.9 cm³/mol. The molecule has 0 unspecified atom stereocenters. The number of nitrogens with one attached hydrogen (secondary N) is 2. The van der Waals surface area contributed by atoms with Gasteiger partial charge in [0.15, 0.2) is 0 Å². The minimum Gasteiger partial charge on any atom is -0.497 e. The first-order chi connectivity index (χ1) is 11.6. The summed E-state index contributed by atoms with van der Waals surface area (Å²) in [5.41, 5.74) is 5.98. The second-order valence-electron chi connectivity index (χ2n) is 4.96. The summed E-state index contributed by atoms with van der Waals surface area (Å²) >= 11 is 0. The topological polar surface area (TPSA) is 76.7 Å². The van der Waals surface area contributed by atoms with Crippen molar-refractivity contribution in [2.75, 3.05) is 13.7 Å². The lowest BCUT2D eigenvalue weighted by Crippen LogP contribution is -2.42. The number of hydrazine groups is 1. The standard InChI is InChI=1S/C18H20N2O4/c1-3-24-16-7-5-4-6-15(16)18(22)20-19-17(21)12-13-8-10-14(23-2)11-9-13/h4-11H,3,12H2,1-2H3,(H,19,21)(H,20,22). The van der Waals surface area contributed by atoms with Gasteiger partial charge in [-0.2, -0.15) is 0 Å². The highest BCUT2D eigenvalue weighted by molar-refractivity contribution is 5.97. The maximum Gasteiger partial charge on any atom is 0.273 e. The van der Waals surface area contributed by atoms with E-state index in [1.165, 1.54) is 0 Å². The summed E-state index contributed by atoms with van der Waals surface area (Å²) < 4.78 is 10.5. The van der Waals surface area contributed by atoms with Crippen LogP contribution in [0.3, 0.4) is 0 Å². The fourth-order valence-corrected chi connectivity index (χ4v) is 2.10. The van der Waals surface area contributed by atoms with Gasteiger partial charge in [-0.15, -0.1) is 0 Å². The van der Waals surface area contributed by atoms with Gasteiger partial charge in [-0.1, -0.05) is 24.3 Å². The Morgan fingerprint density at radius 2 is 1.71 bits per heavy atom. The van der Waals surface area contributed by atoms with Crippen molar-refractivity contribution < 1.29 is 19.1 Å². The molecule has 0 aliphatic rings. The number of carbonyl (C=O) groups is 2. The fraction of sp³-hybridized carbons (Fsp3) is 0.222. The van der Waals surface area contributed by atoms with Crippen LogP contribution in [0.25, 0.3) is 0 Å². The number of hydrogen-bond donors (Lipinski definition) is 2. The van der Waals surface area contributed by atoms with Crippen LogP contribution in [0, 0.1) is 0 Å². The van der Waals surface area contributed by atoms with E-state index in [9.17, 15) is 9.59 Å². The number of benzene rings is 2. The van der Waals surface area contributed by atoms with Crippen LogP contribution < -0.4 is 20.3 Å². The minimum absolute atomic E-state index is 0.150. The number of methoxy groups -OCH3 is 1. The first-order valence-corrected chi connectivity index (χ1v) is 7.58. The third-order valence-electron chi connectivity index (χ3n) is 3.27. The van der Waals surface area contributed by atoms with E-state index >= 15 is 0 Å². The lowest BCUT2D eigenvalue weighted by Gasteiger charge is -2.11. The van der Waals surface area contributed by atoms with Crippen molar-refractivity contribution in [3.05, 3.63) is 59.7 Å². The van der Waals surface area contributed by atoms with Gasteiger partial charge in [0.25, 0.3) is 5.91 Å². The molecule has 0 fully saturated rings. The van der Waals surface area contributed by atoms with Crippen molar-refractivity contribution in [3.8, 4) is 11.5 Å². The summed E-state index contributed by atoms with van der Waals surface area (Å²) in [4.78, 5) is 24.1. The molecule has 6 nitrogen and oxygen atoms in total. The molecule has 0 saturated carbocycles. The highest BCUT2D eigenvalue weighted by atomic mass is 16.5. The van der Waals surface area contributed by atoms with Gasteiger partial charge in [-0.25, -0.2) is 0 Å². The Kier molecular flexibility index (Phi) is 6.19. The molecule has 6 heteroatoms. The molecule has 0 spiro atoms. The third kappa shape index (κ3) is 4.74. The Labute approximate surface area is 140 Å². The summed E-state index contributed by atoms with van der Waals surface area (Å²) in [6, 6.07) is 14.0. The van der Waals surface area contributed by atoms with E-state index in [0.717, 1.165) is 11.3 Å². The molecule has 2 rings (SSSR count). The average Bonchev–Trinajstić information content (AvgIpc) is 2.61. The molecule has 126 valence electrons. The molecular formula is C18H20N2O4. The van der Waals surface area contributed by atoms with E-state index in [2.05, 4.69) is 10.9 Å². The Hall–Kier alpha value is -3.02. The Morgan fingerprint density at radius 1 is 1.00 bits per heavy atom. The molecule has 2 aromatic carbocycles. The molecule has 2 aromatic rings. The Morgan fingerprint density at radius 3 is 2.38 bits per heavy atom. The molecule has 24 heavy (non-hydrogen) atoms.